The molecule has 3 nitrogen and oxygen atoms in total. The molecule has 0 atom stereocenters. The molecule has 0 N–H and O–H groups in total. The van der Waals surface area contributed by atoms with E-state index in [2.05, 4.69) is 21.1 Å². The molecule has 1 rings (SSSR count). The van der Waals surface area contributed by atoms with E-state index in [1.54, 1.807) is 0 Å². The summed E-state index contributed by atoms with van der Waals surface area (Å²) in [6, 6.07) is 0. The summed E-state index contributed by atoms with van der Waals surface area (Å²) in [5.74, 6) is 0.357. The molecule has 82 valence electrons. The molecule has 0 unspecified atom stereocenters. The molecular formula is C11H23N2O+. The lowest BCUT2D eigenvalue weighted by atomic mass is 10.2. The topological polar surface area (TPSA) is 20.3 Å². The molecule has 1 aliphatic heterocycles. The zero-order valence-corrected chi connectivity index (χ0v) is 9.75. The van der Waals surface area contributed by atoms with E-state index in [-0.39, 0.29) is 0 Å². The van der Waals surface area contributed by atoms with Crippen molar-refractivity contribution >= 4 is 5.91 Å². The summed E-state index contributed by atoms with van der Waals surface area (Å²) in [5.41, 5.74) is 0. The quantitative estimate of drug-likeness (QED) is 0.479. The molecule has 1 amide bonds. The number of amides is 1. The first-order valence-corrected chi connectivity index (χ1v) is 5.57. The number of hydrogen-bond acceptors (Lipinski definition) is 1. The lowest BCUT2D eigenvalue weighted by Crippen LogP contribution is -2.35. The summed E-state index contributed by atoms with van der Waals surface area (Å²) < 4.78 is 1.02. The van der Waals surface area contributed by atoms with Crippen molar-refractivity contribution in [3.63, 3.8) is 0 Å². The van der Waals surface area contributed by atoms with Crippen molar-refractivity contribution in [2.24, 2.45) is 0 Å². The predicted molar refractivity (Wildman–Crippen MR) is 57.9 cm³/mol. The van der Waals surface area contributed by atoms with Crippen LogP contribution in [-0.4, -0.2) is 56.1 Å². The smallest absolute Gasteiger partial charge is 0.222 e. The summed E-state index contributed by atoms with van der Waals surface area (Å²) in [7, 11) is 6.63. The van der Waals surface area contributed by atoms with Crippen LogP contribution >= 0.6 is 0 Å². The largest absolute Gasteiger partial charge is 0.343 e. The summed E-state index contributed by atoms with van der Waals surface area (Å²) in [5, 5.41) is 0. The van der Waals surface area contributed by atoms with E-state index < -0.39 is 0 Å². The fraction of sp³-hybridized carbons (Fsp3) is 0.909. The average molecular weight is 199 g/mol. The standard InChI is InChI=1S/C11H23N2O/c1-13(2,3)10-5-4-8-12-9-6-7-11(12)14/h4-10H2,1-3H3/q+1. The van der Waals surface area contributed by atoms with Gasteiger partial charge in [-0.05, 0) is 19.3 Å². The first-order valence-electron chi connectivity index (χ1n) is 5.57. The highest BCUT2D eigenvalue weighted by atomic mass is 16.2. The number of quaternary nitrogens is 1. The van der Waals surface area contributed by atoms with E-state index in [4.69, 9.17) is 0 Å². The zero-order valence-electron chi connectivity index (χ0n) is 9.75. The third kappa shape index (κ3) is 4.09. The van der Waals surface area contributed by atoms with E-state index in [1.165, 1.54) is 13.0 Å². The highest BCUT2D eigenvalue weighted by Gasteiger charge is 2.19. The molecule has 1 saturated heterocycles. The summed E-state index contributed by atoms with van der Waals surface area (Å²) in [6.45, 7) is 3.16. The lowest BCUT2D eigenvalue weighted by Gasteiger charge is -2.24. The third-order valence-electron chi connectivity index (χ3n) is 2.68. The molecule has 0 aromatic heterocycles. The van der Waals surface area contributed by atoms with Crippen molar-refractivity contribution in [3.8, 4) is 0 Å². The molecule has 0 bridgehead atoms. The van der Waals surface area contributed by atoms with Crippen molar-refractivity contribution in [2.75, 3.05) is 40.8 Å². The van der Waals surface area contributed by atoms with Crippen molar-refractivity contribution in [2.45, 2.75) is 25.7 Å². The van der Waals surface area contributed by atoms with Gasteiger partial charge in [-0.25, -0.2) is 0 Å². The summed E-state index contributed by atoms with van der Waals surface area (Å²) in [6.07, 6.45) is 4.21. The van der Waals surface area contributed by atoms with E-state index >= 15 is 0 Å². The lowest BCUT2D eigenvalue weighted by molar-refractivity contribution is -0.870. The Kier molecular flexibility index (Phi) is 3.93. The summed E-state index contributed by atoms with van der Waals surface area (Å²) in [4.78, 5) is 13.3. The Morgan fingerprint density at radius 2 is 2.00 bits per heavy atom. The van der Waals surface area contributed by atoms with E-state index in [1.807, 2.05) is 4.90 Å². The molecule has 1 fully saturated rings. The fourth-order valence-corrected chi connectivity index (χ4v) is 1.83. The van der Waals surface area contributed by atoms with Crippen LogP contribution in [0, 0.1) is 0 Å². The minimum Gasteiger partial charge on any atom is -0.343 e. The van der Waals surface area contributed by atoms with Crippen LogP contribution in [0.5, 0.6) is 0 Å². The van der Waals surface area contributed by atoms with Crippen LogP contribution in [0.3, 0.4) is 0 Å². The SMILES string of the molecule is C[N+](C)(C)CCCCN1CCCC1=O. The zero-order chi connectivity index (χ0) is 10.6. The molecule has 0 aliphatic carbocycles. The Morgan fingerprint density at radius 1 is 1.29 bits per heavy atom. The van der Waals surface area contributed by atoms with Crippen LogP contribution in [0.1, 0.15) is 25.7 Å². The Balaban J connectivity index is 2.07. The minimum atomic E-state index is 0.357. The first kappa shape index (κ1) is 11.5. The maximum absolute atomic E-state index is 11.3. The highest BCUT2D eigenvalue weighted by Crippen LogP contribution is 2.10. The van der Waals surface area contributed by atoms with Gasteiger partial charge in [-0.15, -0.1) is 0 Å². The molecule has 3 heteroatoms. The maximum atomic E-state index is 11.3. The monoisotopic (exact) mass is 199 g/mol. The number of hydrogen-bond donors (Lipinski definition) is 0. The normalized spacial score (nSPS) is 17.9. The molecule has 0 saturated carbocycles. The van der Waals surface area contributed by atoms with Gasteiger partial charge < -0.3 is 9.38 Å². The third-order valence-corrected chi connectivity index (χ3v) is 2.68. The average Bonchev–Trinajstić information content (AvgIpc) is 2.44. The highest BCUT2D eigenvalue weighted by molar-refractivity contribution is 5.77. The molecule has 0 spiro atoms. The van der Waals surface area contributed by atoms with E-state index in [0.29, 0.717) is 5.91 Å². The predicted octanol–water partition coefficient (Wildman–Crippen LogP) is 1.10. The Bertz CT molecular complexity index is 196. The van der Waals surface area contributed by atoms with Gasteiger partial charge in [-0.1, -0.05) is 0 Å². The number of rotatable bonds is 5. The van der Waals surface area contributed by atoms with Gasteiger partial charge in [0.2, 0.25) is 5.91 Å². The second-order valence-electron chi connectivity index (χ2n) is 5.21. The molecule has 0 aromatic rings. The molecule has 1 aliphatic rings. The van der Waals surface area contributed by atoms with E-state index in [0.717, 1.165) is 36.8 Å². The van der Waals surface area contributed by atoms with Crippen LogP contribution in [0.15, 0.2) is 0 Å². The van der Waals surface area contributed by atoms with Gasteiger partial charge in [0.25, 0.3) is 0 Å². The van der Waals surface area contributed by atoms with Gasteiger partial charge in [-0.3, -0.25) is 4.79 Å². The number of carbonyl (C=O) groups excluding carboxylic acids is 1. The van der Waals surface area contributed by atoms with E-state index in [9.17, 15) is 4.79 Å². The number of carbonyl (C=O) groups is 1. The van der Waals surface area contributed by atoms with Gasteiger partial charge in [0, 0.05) is 19.5 Å². The molecule has 0 radical (unpaired) electrons. The van der Waals surface area contributed by atoms with Crippen molar-refractivity contribution in [1.82, 2.24) is 4.90 Å². The number of unbranched alkanes of at least 4 members (excludes halogenated alkanes) is 1. The summed E-state index contributed by atoms with van der Waals surface area (Å²) >= 11 is 0. The van der Waals surface area contributed by atoms with Crippen LogP contribution in [0.2, 0.25) is 0 Å². The van der Waals surface area contributed by atoms with Gasteiger partial charge in [0.1, 0.15) is 0 Å². The minimum absolute atomic E-state index is 0.357. The van der Waals surface area contributed by atoms with Gasteiger partial charge in [0.05, 0.1) is 27.7 Å². The Morgan fingerprint density at radius 3 is 2.50 bits per heavy atom. The number of nitrogens with zero attached hydrogens (tertiary/aromatic N) is 2. The van der Waals surface area contributed by atoms with Crippen molar-refractivity contribution < 1.29 is 9.28 Å². The van der Waals surface area contributed by atoms with Gasteiger partial charge in [-0.2, -0.15) is 0 Å². The van der Waals surface area contributed by atoms with Crippen molar-refractivity contribution in [1.29, 1.82) is 0 Å². The maximum Gasteiger partial charge on any atom is 0.222 e. The second kappa shape index (κ2) is 4.78. The van der Waals surface area contributed by atoms with Crippen LogP contribution in [0.25, 0.3) is 0 Å². The molecule has 14 heavy (non-hydrogen) atoms. The molecule has 0 aromatic carbocycles. The van der Waals surface area contributed by atoms with Crippen molar-refractivity contribution in [3.05, 3.63) is 0 Å². The van der Waals surface area contributed by atoms with Crippen LogP contribution in [0.4, 0.5) is 0 Å². The van der Waals surface area contributed by atoms with Gasteiger partial charge >= 0.3 is 0 Å². The first-order chi connectivity index (χ1) is 6.49. The molecule has 1 heterocycles. The fourth-order valence-electron chi connectivity index (χ4n) is 1.83. The second-order valence-corrected chi connectivity index (χ2v) is 5.21. The van der Waals surface area contributed by atoms with Gasteiger partial charge in [0.15, 0.2) is 0 Å². The molecular weight excluding hydrogens is 176 g/mol. The van der Waals surface area contributed by atoms with Crippen LogP contribution in [-0.2, 0) is 4.79 Å². The number of likely N-dealkylation sites (tertiary alicyclic amines) is 1. The van der Waals surface area contributed by atoms with Crippen LogP contribution < -0.4 is 0 Å². The Hall–Kier alpha value is -0.570. The Labute approximate surface area is 87.3 Å².